The zero-order valence-electron chi connectivity index (χ0n) is 10.9. The summed E-state index contributed by atoms with van der Waals surface area (Å²) in [6.07, 6.45) is 6.68. The van der Waals surface area contributed by atoms with Crippen molar-refractivity contribution in [2.45, 2.75) is 38.5 Å². The number of hydrogen-bond donors (Lipinski definition) is 2. The first-order chi connectivity index (χ1) is 9.33. The van der Waals surface area contributed by atoms with E-state index < -0.39 is 0 Å². The largest absolute Gasteiger partial charge is 0.366 e. The Labute approximate surface area is 116 Å². The Hall–Kier alpha value is -1.43. The van der Waals surface area contributed by atoms with Crippen molar-refractivity contribution in [2.24, 2.45) is 4.99 Å². The Morgan fingerprint density at radius 3 is 3.00 bits per heavy atom. The summed E-state index contributed by atoms with van der Waals surface area (Å²) in [7, 11) is 0. The lowest BCUT2D eigenvalue weighted by Gasteiger charge is -2.06. The number of carbonyl (C=O) groups is 1. The van der Waals surface area contributed by atoms with Gasteiger partial charge in [0.1, 0.15) is 0 Å². The van der Waals surface area contributed by atoms with Gasteiger partial charge in [-0.25, -0.2) is 4.98 Å². The molecule has 1 aromatic rings. The second kappa shape index (κ2) is 5.69. The molecule has 0 saturated carbocycles. The summed E-state index contributed by atoms with van der Waals surface area (Å²) < 4.78 is 0. The smallest absolute Gasteiger partial charge is 0.292 e. The average molecular weight is 278 g/mol. The van der Waals surface area contributed by atoms with Gasteiger partial charge in [0.05, 0.1) is 5.69 Å². The third-order valence-corrected chi connectivity index (χ3v) is 4.50. The number of aliphatic imine (C=N–C) groups is 1. The maximum Gasteiger partial charge on any atom is 0.292 e. The molecule has 1 amide bonds. The van der Waals surface area contributed by atoms with Crippen LogP contribution in [0.4, 0.5) is 5.13 Å². The summed E-state index contributed by atoms with van der Waals surface area (Å²) in [5, 5.41) is 6.66. The molecular formula is C13H18N4OS. The van der Waals surface area contributed by atoms with Crippen molar-refractivity contribution in [1.82, 2.24) is 10.3 Å². The van der Waals surface area contributed by atoms with Crippen molar-refractivity contribution >= 4 is 28.2 Å². The van der Waals surface area contributed by atoms with Crippen molar-refractivity contribution in [2.75, 3.05) is 18.4 Å². The molecule has 0 fully saturated rings. The van der Waals surface area contributed by atoms with Gasteiger partial charge in [0.15, 0.2) is 11.0 Å². The highest BCUT2D eigenvalue weighted by Gasteiger charge is 2.18. The predicted molar refractivity (Wildman–Crippen MR) is 76.9 cm³/mol. The first-order valence-electron chi connectivity index (χ1n) is 6.91. The summed E-state index contributed by atoms with van der Waals surface area (Å²) in [6, 6.07) is 0. The van der Waals surface area contributed by atoms with Crippen LogP contribution in [0.25, 0.3) is 0 Å². The molecule has 102 valence electrons. The number of hydrogen-bond acceptors (Lipinski definition) is 5. The van der Waals surface area contributed by atoms with Gasteiger partial charge in [0.2, 0.25) is 0 Å². The Balaban J connectivity index is 1.68. The molecule has 1 aromatic heterocycles. The average Bonchev–Trinajstić information content (AvgIpc) is 2.63. The molecule has 0 aromatic carbocycles. The van der Waals surface area contributed by atoms with E-state index in [9.17, 15) is 4.79 Å². The number of aryl methyl sites for hydroxylation is 2. The Kier molecular flexibility index (Phi) is 3.77. The molecule has 2 heterocycles. The van der Waals surface area contributed by atoms with Crippen LogP contribution < -0.4 is 10.6 Å². The first kappa shape index (κ1) is 12.6. The van der Waals surface area contributed by atoms with Gasteiger partial charge < -0.3 is 5.32 Å². The minimum absolute atomic E-state index is 0.159. The molecule has 0 radical (unpaired) electrons. The summed E-state index contributed by atoms with van der Waals surface area (Å²) in [5.74, 6) is 0.290. The molecule has 3 rings (SSSR count). The van der Waals surface area contributed by atoms with E-state index in [0.29, 0.717) is 11.0 Å². The van der Waals surface area contributed by atoms with Crippen LogP contribution in [-0.4, -0.2) is 29.8 Å². The number of fused-ring (bicyclic) bond motifs is 1. The van der Waals surface area contributed by atoms with E-state index >= 15 is 0 Å². The highest BCUT2D eigenvalue weighted by molar-refractivity contribution is 7.16. The lowest BCUT2D eigenvalue weighted by Crippen LogP contribution is -2.35. The van der Waals surface area contributed by atoms with Gasteiger partial charge in [-0.2, -0.15) is 0 Å². The number of rotatable bonds is 2. The number of nitrogens with one attached hydrogen (secondary N) is 2. The Morgan fingerprint density at radius 1 is 1.21 bits per heavy atom. The number of amidine groups is 1. The Bertz CT molecular complexity index is 485. The molecule has 19 heavy (non-hydrogen) atoms. The van der Waals surface area contributed by atoms with Crippen LogP contribution in [0.1, 0.15) is 36.3 Å². The number of thiazole rings is 1. The van der Waals surface area contributed by atoms with Gasteiger partial charge in [-0.15, -0.1) is 11.3 Å². The lowest BCUT2D eigenvalue weighted by molar-refractivity contribution is -0.110. The minimum Gasteiger partial charge on any atom is -0.366 e. The molecule has 1 aliphatic heterocycles. The van der Waals surface area contributed by atoms with Gasteiger partial charge in [-0.3, -0.25) is 15.1 Å². The number of nitrogens with zero attached hydrogens (tertiary/aromatic N) is 2. The summed E-state index contributed by atoms with van der Waals surface area (Å²) in [4.78, 5) is 22.2. The van der Waals surface area contributed by atoms with Crippen molar-refractivity contribution in [1.29, 1.82) is 0 Å². The monoisotopic (exact) mass is 278 g/mol. The quantitative estimate of drug-likeness (QED) is 0.866. The second-order valence-electron chi connectivity index (χ2n) is 4.91. The third-order valence-electron chi connectivity index (χ3n) is 3.43. The van der Waals surface area contributed by atoms with E-state index in [1.807, 2.05) is 0 Å². The van der Waals surface area contributed by atoms with Gasteiger partial charge in [-0.1, -0.05) is 0 Å². The molecule has 6 heteroatoms. The SMILES string of the molecule is O=C(Nc1nc2c(s1)CCCC2)C1=NCCCCN1. The van der Waals surface area contributed by atoms with E-state index in [1.165, 1.54) is 23.4 Å². The van der Waals surface area contributed by atoms with Crippen LogP contribution in [0.2, 0.25) is 0 Å². The number of amides is 1. The molecule has 0 bridgehead atoms. The number of aromatic nitrogens is 1. The molecule has 0 unspecified atom stereocenters. The topological polar surface area (TPSA) is 66.4 Å². The fraction of sp³-hybridized carbons (Fsp3) is 0.615. The van der Waals surface area contributed by atoms with Crippen LogP contribution in [0.15, 0.2) is 4.99 Å². The highest BCUT2D eigenvalue weighted by atomic mass is 32.1. The summed E-state index contributed by atoms with van der Waals surface area (Å²) in [6.45, 7) is 1.55. The standard InChI is InChI=1S/C13H18N4OS/c18-12(11-14-7-3-4-8-15-11)17-13-16-9-5-1-2-6-10(9)19-13/h1-8H2,(H,14,15)(H,16,17,18). The molecule has 0 spiro atoms. The van der Waals surface area contributed by atoms with E-state index in [2.05, 4.69) is 20.6 Å². The van der Waals surface area contributed by atoms with E-state index in [0.717, 1.165) is 38.8 Å². The Morgan fingerprint density at radius 2 is 2.11 bits per heavy atom. The van der Waals surface area contributed by atoms with Crippen molar-refractivity contribution in [3.63, 3.8) is 0 Å². The normalized spacial score (nSPS) is 18.8. The van der Waals surface area contributed by atoms with Crippen LogP contribution in [0.3, 0.4) is 0 Å². The minimum atomic E-state index is -0.159. The van der Waals surface area contributed by atoms with E-state index in [1.54, 1.807) is 11.3 Å². The fourth-order valence-corrected chi connectivity index (χ4v) is 3.45. The molecule has 5 nitrogen and oxygen atoms in total. The molecule has 1 aliphatic carbocycles. The molecule has 0 saturated heterocycles. The van der Waals surface area contributed by atoms with Crippen LogP contribution >= 0.6 is 11.3 Å². The zero-order chi connectivity index (χ0) is 13.1. The van der Waals surface area contributed by atoms with Gasteiger partial charge in [-0.05, 0) is 38.5 Å². The summed E-state index contributed by atoms with van der Waals surface area (Å²) in [5.41, 5.74) is 1.17. The third kappa shape index (κ3) is 2.94. The van der Waals surface area contributed by atoms with Crippen molar-refractivity contribution in [3.05, 3.63) is 10.6 Å². The first-order valence-corrected chi connectivity index (χ1v) is 7.73. The van der Waals surface area contributed by atoms with Crippen LogP contribution in [0, 0.1) is 0 Å². The van der Waals surface area contributed by atoms with Crippen molar-refractivity contribution in [3.8, 4) is 0 Å². The van der Waals surface area contributed by atoms with E-state index in [-0.39, 0.29) is 5.91 Å². The zero-order valence-corrected chi connectivity index (χ0v) is 11.7. The fourth-order valence-electron chi connectivity index (χ4n) is 2.40. The second-order valence-corrected chi connectivity index (χ2v) is 6.00. The number of carbonyl (C=O) groups excluding carboxylic acids is 1. The van der Waals surface area contributed by atoms with Crippen molar-refractivity contribution < 1.29 is 4.79 Å². The maximum atomic E-state index is 12.1. The van der Waals surface area contributed by atoms with Gasteiger partial charge >= 0.3 is 0 Å². The highest BCUT2D eigenvalue weighted by Crippen LogP contribution is 2.29. The summed E-state index contributed by atoms with van der Waals surface area (Å²) >= 11 is 1.61. The van der Waals surface area contributed by atoms with Gasteiger partial charge in [0, 0.05) is 18.0 Å². The van der Waals surface area contributed by atoms with Crippen LogP contribution in [-0.2, 0) is 17.6 Å². The van der Waals surface area contributed by atoms with Crippen LogP contribution in [0.5, 0.6) is 0 Å². The maximum absolute atomic E-state index is 12.1. The number of anilines is 1. The van der Waals surface area contributed by atoms with Gasteiger partial charge in [0.25, 0.3) is 5.91 Å². The molecular weight excluding hydrogens is 260 g/mol. The van der Waals surface area contributed by atoms with E-state index in [4.69, 9.17) is 0 Å². The molecule has 0 atom stereocenters. The molecule has 2 aliphatic rings. The molecule has 2 N–H and O–H groups in total. The predicted octanol–water partition coefficient (Wildman–Crippen LogP) is 1.74. The lowest BCUT2D eigenvalue weighted by atomic mass is 10.0.